The molecule has 1 aliphatic rings. The first-order chi connectivity index (χ1) is 14.0. The van der Waals surface area contributed by atoms with Gasteiger partial charge in [-0.15, -0.1) is 0 Å². The quantitative estimate of drug-likeness (QED) is 0.388. The lowest BCUT2D eigenvalue weighted by Crippen LogP contribution is -2.29. The van der Waals surface area contributed by atoms with Gasteiger partial charge in [0.1, 0.15) is 23.3 Å². The summed E-state index contributed by atoms with van der Waals surface area (Å²) in [5.74, 6) is -0.925. The number of aliphatic hydroxyl groups excluding tert-OH is 1. The van der Waals surface area contributed by atoms with Crippen molar-refractivity contribution < 1.29 is 23.8 Å². The number of halogens is 1. The summed E-state index contributed by atoms with van der Waals surface area (Å²) in [7, 11) is 1.54. The third-order valence-corrected chi connectivity index (χ3v) is 4.94. The van der Waals surface area contributed by atoms with Crippen molar-refractivity contribution >= 4 is 34.7 Å². The lowest BCUT2D eigenvalue weighted by atomic mass is 9.99. The number of nitrogens with zero attached hydrogens (tertiary/aromatic N) is 1. The molecule has 1 fully saturated rings. The zero-order chi connectivity index (χ0) is 20.5. The highest BCUT2D eigenvalue weighted by atomic mass is 35.5. The minimum absolute atomic E-state index is 0.0666. The van der Waals surface area contributed by atoms with Crippen LogP contribution in [0.15, 0.2) is 76.9 Å². The highest BCUT2D eigenvalue weighted by Crippen LogP contribution is 2.42. The van der Waals surface area contributed by atoms with E-state index < -0.39 is 17.7 Å². The second-order valence-corrected chi connectivity index (χ2v) is 6.83. The van der Waals surface area contributed by atoms with E-state index in [1.807, 2.05) is 0 Å². The van der Waals surface area contributed by atoms with Crippen molar-refractivity contribution in [1.82, 2.24) is 0 Å². The molecule has 29 heavy (non-hydrogen) atoms. The second-order valence-electron chi connectivity index (χ2n) is 6.39. The average Bonchev–Trinajstić information content (AvgIpc) is 3.35. The Kier molecular flexibility index (Phi) is 4.86. The molecule has 2 heterocycles. The number of amides is 1. The summed E-state index contributed by atoms with van der Waals surface area (Å²) in [5, 5.41) is 11.3. The Morgan fingerprint density at radius 2 is 1.86 bits per heavy atom. The van der Waals surface area contributed by atoms with Crippen molar-refractivity contribution in [3.8, 4) is 5.75 Å². The summed E-state index contributed by atoms with van der Waals surface area (Å²) in [6, 6.07) is 15.5. The molecule has 1 aromatic heterocycles. The second kappa shape index (κ2) is 7.48. The topological polar surface area (TPSA) is 80.0 Å². The number of carbonyl (C=O) groups excluding carboxylic acids is 2. The summed E-state index contributed by atoms with van der Waals surface area (Å²) < 4.78 is 10.7. The van der Waals surface area contributed by atoms with E-state index in [9.17, 15) is 14.7 Å². The Balaban J connectivity index is 1.90. The van der Waals surface area contributed by atoms with Gasteiger partial charge in [0.2, 0.25) is 0 Å². The molecular formula is C22H16ClNO5. The zero-order valence-corrected chi connectivity index (χ0v) is 16.1. The molecule has 1 saturated heterocycles. The number of Topliss-reactive ketones (excluding diaryl/α,β-unsaturated/α-hetero) is 1. The van der Waals surface area contributed by atoms with Gasteiger partial charge in [-0.25, -0.2) is 0 Å². The maximum absolute atomic E-state index is 12.9. The fourth-order valence-corrected chi connectivity index (χ4v) is 3.54. The van der Waals surface area contributed by atoms with Crippen LogP contribution in [0, 0.1) is 0 Å². The minimum atomic E-state index is -0.919. The fraction of sp³-hybridized carbons (Fsp3) is 0.0909. The number of furan rings is 1. The van der Waals surface area contributed by atoms with E-state index in [1.165, 1.54) is 24.3 Å². The van der Waals surface area contributed by atoms with Crippen LogP contribution >= 0.6 is 11.6 Å². The van der Waals surface area contributed by atoms with Gasteiger partial charge in [0.25, 0.3) is 11.7 Å². The fourth-order valence-electron chi connectivity index (χ4n) is 3.35. The number of rotatable bonds is 4. The molecule has 0 bridgehead atoms. The highest BCUT2D eigenvalue weighted by Gasteiger charge is 2.48. The van der Waals surface area contributed by atoms with Crippen molar-refractivity contribution in [2.24, 2.45) is 0 Å². The van der Waals surface area contributed by atoms with Gasteiger partial charge >= 0.3 is 0 Å². The molecule has 0 saturated carbocycles. The number of hydrogen-bond acceptors (Lipinski definition) is 5. The number of benzene rings is 2. The average molecular weight is 410 g/mol. The summed E-state index contributed by atoms with van der Waals surface area (Å²) in [4.78, 5) is 27.1. The first kappa shape index (κ1) is 18.8. The SMILES string of the molecule is COc1ccc(N2C(=O)C(=O)/C(=C(\O)c3cccc(Cl)c3)C2c2ccco2)cc1. The standard InChI is InChI=1S/C22H16ClNO5/c1-28-16-9-7-15(8-10-16)24-19(17-6-3-11-29-17)18(21(26)22(24)27)20(25)13-4-2-5-14(23)12-13/h2-12,19,25H,1H3/b20-18-. The van der Waals surface area contributed by atoms with Gasteiger partial charge in [0, 0.05) is 16.3 Å². The Hall–Kier alpha value is -3.51. The predicted molar refractivity (Wildman–Crippen MR) is 108 cm³/mol. The Labute approximate surface area is 171 Å². The third kappa shape index (κ3) is 3.28. The zero-order valence-electron chi connectivity index (χ0n) is 15.3. The first-order valence-electron chi connectivity index (χ1n) is 8.75. The Bertz CT molecular complexity index is 1100. The summed E-state index contributed by atoms with van der Waals surface area (Å²) in [5.41, 5.74) is 0.740. The van der Waals surface area contributed by atoms with Gasteiger partial charge in [-0.05, 0) is 48.5 Å². The van der Waals surface area contributed by atoms with Crippen LogP contribution in [0.1, 0.15) is 17.4 Å². The van der Waals surface area contributed by atoms with Gasteiger partial charge in [0.15, 0.2) is 0 Å². The minimum Gasteiger partial charge on any atom is -0.507 e. The van der Waals surface area contributed by atoms with Crippen LogP contribution in [0.5, 0.6) is 5.75 Å². The van der Waals surface area contributed by atoms with Gasteiger partial charge in [0.05, 0.1) is 18.9 Å². The molecule has 1 unspecified atom stereocenters. The molecule has 6 nitrogen and oxygen atoms in total. The number of ether oxygens (including phenoxy) is 1. The molecule has 1 aliphatic heterocycles. The van der Waals surface area contributed by atoms with Crippen LogP contribution < -0.4 is 9.64 Å². The van der Waals surface area contributed by atoms with Crippen LogP contribution in [0.3, 0.4) is 0 Å². The van der Waals surface area contributed by atoms with E-state index in [4.69, 9.17) is 20.8 Å². The van der Waals surface area contributed by atoms with E-state index >= 15 is 0 Å². The molecule has 0 spiro atoms. The molecule has 4 rings (SSSR count). The van der Waals surface area contributed by atoms with Crippen LogP contribution in [0.4, 0.5) is 5.69 Å². The Morgan fingerprint density at radius 1 is 1.10 bits per heavy atom. The van der Waals surface area contributed by atoms with E-state index in [-0.39, 0.29) is 11.3 Å². The van der Waals surface area contributed by atoms with E-state index in [2.05, 4.69) is 0 Å². The van der Waals surface area contributed by atoms with Gasteiger partial charge < -0.3 is 14.3 Å². The molecule has 1 atom stereocenters. The summed E-state index contributed by atoms with van der Waals surface area (Å²) in [6.07, 6.45) is 1.45. The number of anilines is 1. The highest BCUT2D eigenvalue weighted by molar-refractivity contribution is 6.51. The number of methoxy groups -OCH3 is 1. The molecule has 0 radical (unpaired) electrons. The molecular weight excluding hydrogens is 394 g/mol. The summed E-state index contributed by atoms with van der Waals surface area (Å²) in [6.45, 7) is 0. The van der Waals surface area contributed by atoms with E-state index in [0.29, 0.717) is 27.8 Å². The largest absolute Gasteiger partial charge is 0.507 e. The molecule has 7 heteroatoms. The van der Waals surface area contributed by atoms with Crippen LogP contribution in [0.2, 0.25) is 5.02 Å². The normalized spacial score (nSPS) is 18.3. The van der Waals surface area contributed by atoms with Gasteiger partial charge in [-0.1, -0.05) is 23.7 Å². The molecule has 146 valence electrons. The predicted octanol–water partition coefficient (Wildman–Crippen LogP) is 4.57. The van der Waals surface area contributed by atoms with Crippen molar-refractivity contribution in [2.75, 3.05) is 12.0 Å². The molecule has 2 aromatic carbocycles. The lowest BCUT2D eigenvalue weighted by Gasteiger charge is -2.23. The molecule has 1 amide bonds. The number of aliphatic hydroxyl groups is 1. The first-order valence-corrected chi connectivity index (χ1v) is 9.13. The van der Waals surface area contributed by atoms with E-state index in [0.717, 1.165) is 0 Å². The lowest BCUT2D eigenvalue weighted by molar-refractivity contribution is -0.132. The van der Waals surface area contributed by atoms with Crippen LogP contribution in [-0.4, -0.2) is 23.9 Å². The van der Waals surface area contributed by atoms with Crippen LogP contribution in [-0.2, 0) is 9.59 Å². The maximum atomic E-state index is 12.9. The monoisotopic (exact) mass is 409 g/mol. The van der Waals surface area contributed by atoms with Gasteiger partial charge in [-0.2, -0.15) is 0 Å². The third-order valence-electron chi connectivity index (χ3n) is 4.71. The number of carbonyl (C=O) groups is 2. The van der Waals surface area contributed by atoms with Crippen molar-refractivity contribution in [1.29, 1.82) is 0 Å². The Morgan fingerprint density at radius 3 is 2.48 bits per heavy atom. The molecule has 3 aromatic rings. The molecule has 1 N–H and O–H groups in total. The number of hydrogen-bond donors (Lipinski definition) is 1. The molecule has 0 aliphatic carbocycles. The smallest absolute Gasteiger partial charge is 0.300 e. The number of ketones is 1. The van der Waals surface area contributed by atoms with Gasteiger partial charge in [-0.3, -0.25) is 14.5 Å². The van der Waals surface area contributed by atoms with Crippen molar-refractivity contribution in [2.45, 2.75) is 6.04 Å². The van der Waals surface area contributed by atoms with E-state index in [1.54, 1.807) is 54.6 Å². The van der Waals surface area contributed by atoms with Crippen molar-refractivity contribution in [3.05, 3.63) is 88.8 Å². The summed E-state index contributed by atoms with van der Waals surface area (Å²) >= 11 is 6.02. The maximum Gasteiger partial charge on any atom is 0.300 e. The van der Waals surface area contributed by atoms with Crippen LogP contribution in [0.25, 0.3) is 5.76 Å². The van der Waals surface area contributed by atoms with Crippen molar-refractivity contribution in [3.63, 3.8) is 0 Å².